The van der Waals surface area contributed by atoms with Gasteiger partial charge in [-0.1, -0.05) is 91.0 Å². The Morgan fingerprint density at radius 3 is 1.14 bits per heavy atom. The van der Waals surface area contributed by atoms with Crippen molar-refractivity contribution in [3.63, 3.8) is 0 Å². The van der Waals surface area contributed by atoms with Crippen LogP contribution in [0.15, 0.2) is 140 Å². The van der Waals surface area contributed by atoms with Crippen molar-refractivity contribution >= 4 is 28.5 Å². The highest BCUT2D eigenvalue weighted by Crippen LogP contribution is 2.54. The summed E-state index contributed by atoms with van der Waals surface area (Å²) in [5.41, 5.74) is 3.83. The van der Waals surface area contributed by atoms with Crippen molar-refractivity contribution in [2.75, 3.05) is 14.1 Å². The van der Waals surface area contributed by atoms with E-state index in [9.17, 15) is 0 Å². The first-order valence-corrected chi connectivity index (χ1v) is 13.9. The second-order valence-electron chi connectivity index (χ2n) is 9.16. The molecule has 1 nitrogen and oxygen atoms in total. The Morgan fingerprint density at radius 2 is 0.771 bits per heavy atom. The van der Waals surface area contributed by atoms with E-state index in [0.717, 1.165) is 6.54 Å². The van der Waals surface area contributed by atoms with Crippen LogP contribution in [0.2, 0.25) is 0 Å². The van der Waals surface area contributed by atoms with Crippen molar-refractivity contribution < 1.29 is 0 Å². The largest absolute Gasteiger partial charge is 0.305 e. The Hall–Kier alpha value is -3.51. The van der Waals surface area contributed by atoms with E-state index in [0.29, 0.717) is 0 Å². The highest BCUT2D eigenvalue weighted by molar-refractivity contribution is 8.01. The van der Waals surface area contributed by atoms with Crippen LogP contribution in [0, 0.1) is 0 Å². The van der Waals surface area contributed by atoms with Gasteiger partial charge in [0.1, 0.15) is 28.5 Å². The Morgan fingerprint density at radius 1 is 0.429 bits per heavy atom. The molecule has 5 aromatic carbocycles. The molecule has 0 amide bonds. The average molecular weight is 473 g/mol. The smallest absolute Gasteiger partial charge is 0.144 e. The van der Waals surface area contributed by atoms with Gasteiger partial charge in [0.2, 0.25) is 0 Å². The van der Waals surface area contributed by atoms with E-state index in [2.05, 4.69) is 159 Å². The summed E-state index contributed by atoms with van der Waals surface area (Å²) in [5.74, 6) is 0. The Balaban J connectivity index is 1.65. The second-order valence-corrected chi connectivity index (χ2v) is 12.6. The first-order chi connectivity index (χ1) is 17.2. The van der Waals surface area contributed by atoms with Crippen molar-refractivity contribution in [1.29, 1.82) is 0 Å². The molecule has 0 spiro atoms. The van der Waals surface area contributed by atoms with Crippen LogP contribution in [0.1, 0.15) is 5.56 Å². The van der Waals surface area contributed by atoms with E-state index >= 15 is 0 Å². The van der Waals surface area contributed by atoms with E-state index in [4.69, 9.17) is 0 Å². The van der Waals surface area contributed by atoms with Crippen LogP contribution in [0.3, 0.4) is 0 Å². The summed E-state index contributed by atoms with van der Waals surface area (Å²) in [6.07, 6.45) is 0. The molecule has 0 aliphatic heterocycles. The molecule has 0 N–H and O–H groups in total. The van der Waals surface area contributed by atoms with Gasteiger partial charge in [0.05, 0.1) is 0 Å². The fraction of sp³-hybridized carbons (Fsp3) is 0.0909. The molecule has 0 bridgehead atoms. The number of rotatable bonds is 7. The van der Waals surface area contributed by atoms with Crippen LogP contribution in [-0.4, -0.2) is 19.0 Å². The quantitative estimate of drug-likeness (QED) is 0.261. The van der Waals surface area contributed by atoms with Crippen molar-refractivity contribution in [1.82, 2.24) is 4.90 Å². The summed E-state index contributed by atoms with van der Waals surface area (Å²) in [7, 11) is 2.16. The predicted molar refractivity (Wildman–Crippen MR) is 154 cm³/mol. The van der Waals surface area contributed by atoms with Crippen LogP contribution in [0.4, 0.5) is 0 Å². The van der Waals surface area contributed by atoms with Gasteiger partial charge in [-0.2, -0.15) is 0 Å². The molecule has 172 valence electrons. The van der Waals surface area contributed by atoms with Crippen LogP contribution in [-0.2, 0) is 6.54 Å². The fourth-order valence-corrected chi connectivity index (χ4v) is 9.14. The topological polar surface area (TPSA) is 3.24 Å². The molecule has 0 aliphatic carbocycles. The maximum absolute atomic E-state index is 2.35. The average Bonchev–Trinajstić information content (AvgIpc) is 2.92. The summed E-state index contributed by atoms with van der Waals surface area (Å²) >= 11 is 0. The predicted octanol–water partition coefficient (Wildman–Crippen LogP) is 6.03. The van der Waals surface area contributed by atoms with E-state index < -0.39 is 7.26 Å². The molecule has 0 heterocycles. The number of nitrogens with zero attached hydrogens (tertiary/aromatic N) is 1. The SMILES string of the molecule is CN(C)Cc1ccc(-c2ccc([P+](c3ccccc3)(c3ccccc3)c3ccccc3)cc2)cc1. The minimum absolute atomic E-state index is 0.956. The van der Waals surface area contributed by atoms with Crippen molar-refractivity contribution in [2.24, 2.45) is 0 Å². The van der Waals surface area contributed by atoms with Crippen molar-refractivity contribution in [3.05, 3.63) is 145 Å². The molecule has 0 aromatic heterocycles. The molecule has 0 radical (unpaired) electrons. The maximum atomic E-state index is 2.35. The van der Waals surface area contributed by atoms with Crippen molar-refractivity contribution in [3.8, 4) is 11.1 Å². The lowest BCUT2D eigenvalue weighted by molar-refractivity contribution is 0.402. The molecule has 5 rings (SSSR count). The minimum Gasteiger partial charge on any atom is -0.305 e. The third-order valence-corrected chi connectivity index (χ3v) is 10.8. The molecule has 35 heavy (non-hydrogen) atoms. The van der Waals surface area contributed by atoms with E-state index in [1.54, 1.807) is 0 Å². The molecular weight excluding hydrogens is 441 g/mol. The van der Waals surface area contributed by atoms with Gasteiger partial charge in [-0.25, -0.2) is 0 Å². The van der Waals surface area contributed by atoms with Gasteiger partial charge in [0.15, 0.2) is 0 Å². The zero-order valence-electron chi connectivity index (χ0n) is 20.4. The summed E-state index contributed by atoms with van der Waals surface area (Å²) < 4.78 is 0. The fourth-order valence-electron chi connectivity index (χ4n) is 4.89. The van der Waals surface area contributed by atoms with Crippen LogP contribution in [0.25, 0.3) is 11.1 Å². The highest BCUT2D eigenvalue weighted by Gasteiger charge is 2.47. The van der Waals surface area contributed by atoms with Gasteiger partial charge in [-0.15, -0.1) is 0 Å². The Bertz CT molecular complexity index is 1250. The Kier molecular flexibility index (Phi) is 6.91. The molecule has 0 aliphatic rings. The molecule has 0 fully saturated rings. The van der Waals surface area contributed by atoms with Gasteiger partial charge < -0.3 is 4.90 Å². The van der Waals surface area contributed by atoms with Gasteiger partial charge in [0, 0.05) is 6.54 Å². The molecule has 0 saturated carbocycles. The first-order valence-electron chi connectivity index (χ1n) is 12.1. The highest BCUT2D eigenvalue weighted by atomic mass is 31.2. The zero-order chi connectivity index (χ0) is 24.1. The summed E-state index contributed by atoms with van der Waals surface area (Å²) in [4.78, 5) is 2.20. The third-order valence-electron chi connectivity index (χ3n) is 6.47. The van der Waals surface area contributed by atoms with E-state index in [-0.39, 0.29) is 0 Å². The first kappa shape index (κ1) is 23.2. The lowest BCUT2D eigenvalue weighted by Crippen LogP contribution is -2.38. The van der Waals surface area contributed by atoms with E-state index in [1.807, 2.05) is 0 Å². The van der Waals surface area contributed by atoms with Crippen LogP contribution in [0.5, 0.6) is 0 Å². The zero-order valence-corrected chi connectivity index (χ0v) is 21.3. The van der Waals surface area contributed by atoms with Crippen LogP contribution < -0.4 is 21.2 Å². The summed E-state index contributed by atoms with van der Waals surface area (Å²) in [5, 5.41) is 5.49. The molecule has 0 atom stereocenters. The summed E-state index contributed by atoms with van der Waals surface area (Å²) in [6.45, 7) is 0.956. The number of benzene rings is 5. The van der Waals surface area contributed by atoms with Crippen molar-refractivity contribution in [2.45, 2.75) is 6.54 Å². The molecule has 0 saturated heterocycles. The molecule has 2 heteroatoms. The standard InChI is InChI=1S/C33H31NP/c1-34(2)26-27-18-20-28(21-19-27)29-22-24-33(25-23-29)35(30-12-6-3-7-13-30,31-14-8-4-9-15-31)32-16-10-5-11-17-32/h3-25H,26H2,1-2H3/q+1. The molecule has 0 unspecified atom stereocenters. The summed E-state index contributed by atoms with van der Waals surface area (Å²) in [6, 6.07) is 51.3. The molecular formula is C33H31NP+. The van der Waals surface area contributed by atoms with Gasteiger partial charge in [-0.3, -0.25) is 0 Å². The lowest BCUT2D eigenvalue weighted by atomic mass is 10.0. The molecule has 5 aromatic rings. The minimum atomic E-state index is -2.05. The third kappa shape index (κ3) is 4.71. The lowest BCUT2D eigenvalue weighted by Gasteiger charge is -2.27. The Labute approximate surface area is 210 Å². The number of hydrogen-bond donors (Lipinski definition) is 0. The normalized spacial score (nSPS) is 11.5. The van der Waals surface area contributed by atoms with E-state index in [1.165, 1.54) is 37.9 Å². The maximum Gasteiger partial charge on any atom is 0.144 e. The monoisotopic (exact) mass is 472 g/mol. The second kappa shape index (κ2) is 10.4. The van der Waals surface area contributed by atoms with Gasteiger partial charge >= 0.3 is 0 Å². The van der Waals surface area contributed by atoms with Gasteiger partial charge in [0.25, 0.3) is 0 Å². The van der Waals surface area contributed by atoms with Gasteiger partial charge in [-0.05, 0) is 79.3 Å². The number of hydrogen-bond acceptors (Lipinski definition) is 1. The van der Waals surface area contributed by atoms with Crippen LogP contribution >= 0.6 is 7.26 Å².